The van der Waals surface area contributed by atoms with Crippen LogP contribution < -0.4 is 0 Å². The van der Waals surface area contributed by atoms with Gasteiger partial charge in [-0.3, -0.25) is 4.90 Å². The van der Waals surface area contributed by atoms with E-state index in [1.54, 1.807) is 4.90 Å². The van der Waals surface area contributed by atoms with Crippen LogP contribution in [-0.2, 0) is 9.57 Å². The van der Waals surface area contributed by atoms with E-state index >= 15 is 0 Å². The second-order valence-corrected chi connectivity index (χ2v) is 6.36. The zero-order valence-electron chi connectivity index (χ0n) is 13.7. The minimum atomic E-state index is -0.520. The maximum Gasteiger partial charge on any atom is 0.411 e. The Bertz CT molecular complexity index is 535. The highest BCUT2D eigenvalue weighted by Crippen LogP contribution is 2.30. The van der Waals surface area contributed by atoms with E-state index in [-0.39, 0.29) is 12.1 Å². The van der Waals surface area contributed by atoms with Crippen LogP contribution in [0, 0.1) is 0 Å². The van der Waals surface area contributed by atoms with E-state index in [1.807, 2.05) is 51.1 Å². The van der Waals surface area contributed by atoms with Crippen molar-refractivity contribution in [2.45, 2.75) is 45.3 Å². The van der Waals surface area contributed by atoms with Crippen LogP contribution in [0.3, 0.4) is 0 Å². The predicted octanol–water partition coefficient (Wildman–Crippen LogP) is 3.76. The SMILES string of the molecule is CO/N=C1\CCCN(C(=O)OC(C)(C)C)[C@H]1c1ccccc1. The number of carbonyl (C=O) groups is 1. The average Bonchev–Trinajstić information content (AvgIpc) is 2.46. The molecule has 0 aromatic heterocycles. The van der Waals surface area contributed by atoms with E-state index in [0.29, 0.717) is 6.54 Å². The smallest absolute Gasteiger partial charge is 0.411 e. The van der Waals surface area contributed by atoms with E-state index in [2.05, 4.69) is 5.16 Å². The number of rotatable bonds is 2. The molecule has 1 aromatic carbocycles. The Kier molecular flexibility index (Phi) is 5.06. The summed E-state index contributed by atoms with van der Waals surface area (Å²) < 4.78 is 5.55. The number of oxime groups is 1. The fourth-order valence-electron chi connectivity index (χ4n) is 2.61. The molecule has 1 aromatic rings. The lowest BCUT2D eigenvalue weighted by Crippen LogP contribution is -2.45. The number of nitrogens with zero attached hydrogens (tertiary/aromatic N) is 2. The Morgan fingerprint density at radius 1 is 1.27 bits per heavy atom. The van der Waals surface area contributed by atoms with E-state index in [4.69, 9.17) is 9.57 Å². The van der Waals surface area contributed by atoms with E-state index in [0.717, 1.165) is 24.1 Å². The molecule has 0 bridgehead atoms. The highest BCUT2D eigenvalue weighted by Gasteiger charge is 2.35. The highest BCUT2D eigenvalue weighted by molar-refractivity contribution is 5.93. The minimum absolute atomic E-state index is 0.232. The molecule has 22 heavy (non-hydrogen) atoms. The van der Waals surface area contributed by atoms with Gasteiger partial charge in [0.2, 0.25) is 0 Å². The quantitative estimate of drug-likeness (QED) is 0.782. The molecule has 1 aliphatic heterocycles. The molecule has 2 rings (SSSR count). The van der Waals surface area contributed by atoms with Crippen LogP contribution in [0.2, 0.25) is 0 Å². The molecule has 1 atom stereocenters. The van der Waals surface area contributed by atoms with Gasteiger partial charge in [-0.05, 0) is 39.2 Å². The molecule has 5 heteroatoms. The first-order valence-corrected chi connectivity index (χ1v) is 7.57. The maximum absolute atomic E-state index is 12.6. The van der Waals surface area contributed by atoms with Gasteiger partial charge in [-0.25, -0.2) is 4.79 Å². The Balaban J connectivity index is 2.33. The van der Waals surface area contributed by atoms with Crippen LogP contribution in [0.1, 0.15) is 45.2 Å². The van der Waals surface area contributed by atoms with E-state index < -0.39 is 5.60 Å². The van der Waals surface area contributed by atoms with Gasteiger partial charge in [-0.1, -0.05) is 35.5 Å². The number of piperidine rings is 1. The molecule has 1 fully saturated rings. The maximum atomic E-state index is 12.6. The molecule has 0 N–H and O–H groups in total. The first kappa shape index (κ1) is 16.3. The lowest BCUT2D eigenvalue weighted by Gasteiger charge is -2.37. The van der Waals surface area contributed by atoms with Gasteiger partial charge in [-0.2, -0.15) is 0 Å². The Labute approximate surface area is 131 Å². The summed E-state index contributed by atoms with van der Waals surface area (Å²) in [5.74, 6) is 0. The second kappa shape index (κ2) is 6.81. The normalized spacial score (nSPS) is 20.8. The summed E-state index contributed by atoms with van der Waals surface area (Å²) in [6.45, 7) is 6.26. The third-order valence-electron chi connectivity index (χ3n) is 3.41. The molecule has 0 radical (unpaired) electrons. The van der Waals surface area contributed by atoms with Crippen LogP contribution in [0.5, 0.6) is 0 Å². The summed E-state index contributed by atoms with van der Waals surface area (Å²) >= 11 is 0. The van der Waals surface area contributed by atoms with Crippen molar-refractivity contribution in [3.05, 3.63) is 35.9 Å². The number of ether oxygens (including phenoxy) is 1. The predicted molar refractivity (Wildman–Crippen MR) is 85.8 cm³/mol. The molecule has 1 aliphatic rings. The molecule has 5 nitrogen and oxygen atoms in total. The van der Waals surface area contributed by atoms with Gasteiger partial charge in [0.25, 0.3) is 0 Å². The van der Waals surface area contributed by atoms with E-state index in [9.17, 15) is 4.79 Å². The Morgan fingerprint density at radius 2 is 1.95 bits per heavy atom. The van der Waals surface area contributed by atoms with Gasteiger partial charge in [0.05, 0.1) is 5.71 Å². The molecule has 120 valence electrons. The summed E-state index contributed by atoms with van der Waals surface area (Å²) in [7, 11) is 1.53. The van der Waals surface area contributed by atoms with Gasteiger partial charge in [0, 0.05) is 6.54 Å². The number of benzene rings is 1. The lowest BCUT2D eigenvalue weighted by molar-refractivity contribution is 0.0187. The second-order valence-electron chi connectivity index (χ2n) is 6.36. The Hall–Kier alpha value is -2.04. The number of amides is 1. The van der Waals surface area contributed by atoms with Crippen molar-refractivity contribution >= 4 is 11.8 Å². The van der Waals surface area contributed by atoms with Crippen LogP contribution in [0.15, 0.2) is 35.5 Å². The molecule has 0 unspecified atom stereocenters. The van der Waals surface area contributed by atoms with Gasteiger partial charge in [-0.15, -0.1) is 0 Å². The summed E-state index contributed by atoms with van der Waals surface area (Å²) in [5.41, 5.74) is 1.35. The monoisotopic (exact) mass is 304 g/mol. The largest absolute Gasteiger partial charge is 0.444 e. The van der Waals surface area contributed by atoms with Crippen LogP contribution in [0.25, 0.3) is 0 Å². The fraction of sp³-hybridized carbons (Fsp3) is 0.529. The van der Waals surface area contributed by atoms with Crippen LogP contribution in [0.4, 0.5) is 4.79 Å². The minimum Gasteiger partial charge on any atom is -0.444 e. The standard InChI is InChI=1S/C17H24N2O3/c1-17(2,3)22-16(20)19-12-8-11-14(18-21-4)15(19)13-9-6-5-7-10-13/h5-7,9-10,15H,8,11-12H2,1-4H3/b18-14+/t15-/m0/s1. The Morgan fingerprint density at radius 3 is 2.55 bits per heavy atom. The van der Waals surface area contributed by atoms with Crippen molar-refractivity contribution in [1.82, 2.24) is 4.90 Å². The van der Waals surface area contributed by atoms with Gasteiger partial charge in [0.15, 0.2) is 0 Å². The first-order valence-electron chi connectivity index (χ1n) is 7.57. The summed E-state index contributed by atoms with van der Waals surface area (Å²) in [6.07, 6.45) is 1.35. The third-order valence-corrected chi connectivity index (χ3v) is 3.41. The summed E-state index contributed by atoms with van der Waals surface area (Å²) in [4.78, 5) is 19.3. The third kappa shape index (κ3) is 4.00. The molecular weight excluding hydrogens is 280 g/mol. The van der Waals surface area contributed by atoms with Crippen molar-refractivity contribution in [1.29, 1.82) is 0 Å². The molecule has 0 aliphatic carbocycles. The molecule has 1 saturated heterocycles. The number of hydrogen-bond donors (Lipinski definition) is 0. The van der Waals surface area contributed by atoms with Crippen molar-refractivity contribution in [2.24, 2.45) is 5.16 Å². The van der Waals surface area contributed by atoms with Gasteiger partial charge >= 0.3 is 6.09 Å². The average molecular weight is 304 g/mol. The lowest BCUT2D eigenvalue weighted by atomic mass is 9.93. The van der Waals surface area contributed by atoms with Crippen LogP contribution >= 0.6 is 0 Å². The van der Waals surface area contributed by atoms with Crippen molar-refractivity contribution in [3.8, 4) is 0 Å². The number of carbonyl (C=O) groups excluding carboxylic acids is 1. The van der Waals surface area contributed by atoms with Crippen molar-refractivity contribution in [3.63, 3.8) is 0 Å². The number of hydrogen-bond acceptors (Lipinski definition) is 4. The van der Waals surface area contributed by atoms with E-state index in [1.165, 1.54) is 7.11 Å². The highest BCUT2D eigenvalue weighted by atomic mass is 16.6. The summed E-state index contributed by atoms with van der Waals surface area (Å²) in [5, 5.41) is 4.14. The molecule has 0 spiro atoms. The number of likely N-dealkylation sites (tertiary alicyclic amines) is 1. The zero-order chi connectivity index (χ0) is 16.2. The van der Waals surface area contributed by atoms with Crippen molar-refractivity contribution < 1.29 is 14.4 Å². The topological polar surface area (TPSA) is 51.1 Å². The molecule has 0 saturated carbocycles. The zero-order valence-corrected chi connectivity index (χ0v) is 13.7. The first-order chi connectivity index (χ1) is 10.4. The fourth-order valence-corrected chi connectivity index (χ4v) is 2.61. The molecule has 1 amide bonds. The van der Waals surface area contributed by atoms with Gasteiger partial charge < -0.3 is 9.57 Å². The van der Waals surface area contributed by atoms with Gasteiger partial charge in [0.1, 0.15) is 18.8 Å². The molecule has 1 heterocycles. The summed E-state index contributed by atoms with van der Waals surface area (Å²) in [6, 6.07) is 9.64. The molecular formula is C17H24N2O3. The van der Waals surface area contributed by atoms with Crippen molar-refractivity contribution in [2.75, 3.05) is 13.7 Å². The van der Waals surface area contributed by atoms with Crippen LogP contribution in [-0.4, -0.2) is 36.0 Å².